The van der Waals surface area contributed by atoms with Crippen LogP contribution in [-0.2, 0) is 6.42 Å². The van der Waals surface area contributed by atoms with Crippen molar-refractivity contribution in [1.82, 2.24) is 10.2 Å². The second-order valence-electron chi connectivity index (χ2n) is 4.88. The Balaban J connectivity index is 2.60. The molecule has 3 heteroatoms. The van der Waals surface area contributed by atoms with Crippen molar-refractivity contribution in [3.63, 3.8) is 0 Å². The molecule has 0 fully saturated rings. The summed E-state index contributed by atoms with van der Waals surface area (Å²) in [7, 11) is 6.22. The van der Waals surface area contributed by atoms with E-state index in [4.69, 9.17) is 11.6 Å². The van der Waals surface area contributed by atoms with Crippen molar-refractivity contribution < 1.29 is 0 Å². The van der Waals surface area contributed by atoms with Crippen LogP contribution in [0.15, 0.2) is 18.2 Å². The standard InChI is InChI=1S/C14H23ClN2/c1-11-5-6-12(14(15)9-11)10-13(16-2)7-8-17(3)4/h5-6,9,13,16H,7-8,10H2,1-4H3. The summed E-state index contributed by atoms with van der Waals surface area (Å²) in [5.74, 6) is 0. The van der Waals surface area contributed by atoms with Crippen molar-refractivity contribution in [2.75, 3.05) is 27.7 Å². The van der Waals surface area contributed by atoms with E-state index in [-0.39, 0.29) is 0 Å². The molecular formula is C14H23ClN2. The molecule has 1 aromatic rings. The monoisotopic (exact) mass is 254 g/mol. The van der Waals surface area contributed by atoms with Gasteiger partial charge in [-0.15, -0.1) is 0 Å². The molecule has 1 rings (SSSR count). The number of aryl methyl sites for hydroxylation is 1. The Morgan fingerprint density at radius 2 is 2.06 bits per heavy atom. The van der Waals surface area contributed by atoms with Crippen LogP contribution in [0.25, 0.3) is 0 Å². The highest BCUT2D eigenvalue weighted by Crippen LogP contribution is 2.19. The number of nitrogens with zero attached hydrogens (tertiary/aromatic N) is 1. The molecule has 17 heavy (non-hydrogen) atoms. The first kappa shape index (κ1) is 14.5. The molecule has 0 amide bonds. The number of halogens is 1. The van der Waals surface area contributed by atoms with Gasteiger partial charge >= 0.3 is 0 Å². The number of rotatable bonds is 6. The van der Waals surface area contributed by atoms with Crippen LogP contribution in [0.1, 0.15) is 17.5 Å². The van der Waals surface area contributed by atoms with Gasteiger partial charge in [-0.05, 0) is 64.6 Å². The molecule has 1 unspecified atom stereocenters. The van der Waals surface area contributed by atoms with E-state index in [0.717, 1.165) is 24.4 Å². The summed E-state index contributed by atoms with van der Waals surface area (Å²) in [6, 6.07) is 6.78. The summed E-state index contributed by atoms with van der Waals surface area (Å²) in [6.07, 6.45) is 2.12. The first-order valence-corrected chi connectivity index (χ1v) is 6.47. The van der Waals surface area contributed by atoms with Crippen molar-refractivity contribution in [2.45, 2.75) is 25.8 Å². The van der Waals surface area contributed by atoms with Crippen LogP contribution in [0.3, 0.4) is 0 Å². The summed E-state index contributed by atoms with van der Waals surface area (Å²) >= 11 is 6.26. The highest BCUT2D eigenvalue weighted by Gasteiger charge is 2.10. The summed E-state index contributed by atoms with van der Waals surface area (Å²) in [4.78, 5) is 2.21. The van der Waals surface area contributed by atoms with Crippen molar-refractivity contribution in [2.24, 2.45) is 0 Å². The van der Waals surface area contributed by atoms with Gasteiger partial charge in [-0.1, -0.05) is 23.7 Å². The van der Waals surface area contributed by atoms with Gasteiger partial charge in [-0.2, -0.15) is 0 Å². The van der Waals surface area contributed by atoms with E-state index in [0.29, 0.717) is 6.04 Å². The van der Waals surface area contributed by atoms with Gasteiger partial charge in [0.1, 0.15) is 0 Å². The van der Waals surface area contributed by atoms with E-state index in [9.17, 15) is 0 Å². The predicted octanol–water partition coefficient (Wildman–Crippen LogP) is 2.73. The molecule has 0 radical (unpaired) electrons. The third-order valence-electron chi connectivity index (χ3n) is 3.01. The van der Waals surface area contributed by atoms with Gasteiger partial charge < -0.3 is 10.2 Å². The fourth-order valence-corrected chi connectivity index (χ4v) is 2.16. The Morgan fingerprint density at radius 1 is 1.35 bits per heavy atom. The second kappa shape index (κ2) is 7.00. The SMILES string of the molecule is CNC(CCN(C)C)Cc1ccc(C)cc1Cl. The third-order valence-corrected chi connectivity index (χ3v) is 3.36. The normalized spacial score (nSPS) is 13.1. The molecule has 0 aliphatic heterocycles. The lowest BCUT2D eigenvalue weighted by atomic mass is 10.0. The Bertz CT molecular complexity index is 350. The number of benzene rings is 1. The minimum Gasteiger partial charge on any atom is -0.317 e. The van der Waals surface area contributed by atoms with Crippen LogP contribution in [0, 0.1) is 6.92 Å². The smallest absolute Gasteiger partial charge is 0.0441 e. The maximum atomic E-state index is 6.26. The zero-order valence-corrected chi connectivity index (χ0v) is 12.0. The molecule has 0 aliphatic rings. The average molecular weight is 255 g/mol. The molecular weight excluding hydrogens is 232 g/mol. The van der Waals surface area contributed by atoms with Crippen LogP contribution in [0.5, 0.6) is 0 Å². The molecule has 0 bridgehead atoms. The van der Waals surface area contributed by atoms with Crippen LogP contribution < -0.4 is 5.32 Å². The lowest BCUT2D eigenvalue weighted by Crippen LogP contribution is -2.31. The summed E-state index contributed by atoms with van der Waals surface area (Å²) < 4.78 is 0. The highest BCUT2D eigenvalue weighted by molar-refractivity contribution is 6.31. The van der Waals surface area contributed by atoms with Gasteiger partial charge in [0.25, 0.3) is 0 Å². The Morgan fingerprint density at radius 3 is 2.59 bits per heavy atom. The average Bonchev–Trinajstić information content (AvgIpc) is 2.26. The van der Waals surface area contributed by atoms with Gasteiger partial charge in [-0.3, -0.25) is 0 Å². The lowest BCUT2D eigenvalue weighted by Gasteiger charge is -2.19. The Hall–Kier alpha value is -0.570. The molecule has 0 saturated heterocycles. The Labute approximate surface area is 110 Å². The molecule has 2 nitrogen and oxygen atoms in total. The topological polar surface area (TPSA) is 15.3 Å². The van der Waals surface area contributed by atoms with E-state index in [1.807, 2.05) is 13.1 Å². The van der Waals surface area contributed by atoms with Crippen LogP contribution >= 0.6 is 11.6 Å². The largest absolute Gasteiger partial charge is 0.317 e. The van der Waals surface area contributed by atoms with E-state index in [1.165, 1.54) is 11.1 Å². The minimum atomic E-state index is 0.484. The Kier molecular flexibility index (Phi) is 5.96. The maximum Gasteiger partial charge on any atom is 0.0441 e. The maximum absolute atomic E-state index is 6.26. The quantitative estimate of drug-likeness (QED) is 0.840. The zero-order valence-electron chi connectivity index (χ0n) is 11.3. The molecule has 1 N–H and O–H groups in total. The van der Waals surface area contributed by atoms with Crippen molar-refractivity contribution in [3.05, 3.63) is 34.3 Å². The zero-order chi connectivity index (χ0) is 12.8. The minimum absolute atomic E-state index is 0.484. The molecule has 0 heterocycles. The van der Waals surface area contributed by atoms with E-state index < -0.39 is 0 Å². The molecule has 96 valence electrons. The summed E-state index contributed by atoms with van der Waals surface area (Å²) in [6.45, 7) is 3.16. The van der Waals surface area contributed by atoms with Crippen LogP contribution in [0.4, 0.5) is 0 Å². The number of hydrogen-bond acceptors (Lipinski definition) is 2. The van der Waals surface area contributed by atoms with Gasteiger partial charge in [0.2, 0.25) is 0 Å². The summed E-state index contributed by atoms with van der Waals surface area (Å²) in [5.41, 5.74) is 2.45. The third kappa shape index (κ3) is 5.07. The van der Waals surface area contributed by atoms with E-state index in [1.54, 1.807) is 0 Å². The van der Waals surface area contributed by atoms with Crippen molar-refractivity contribution >= 4 is 11.6 Å². The van der Waals surface area contributed by atoms with Crippen LogP contribution in [-0.4, -0.2) is 38.6 Å². The molecule has 0 spiro atoms. The molecule has 1 atom stereocenters. The lowest BCUT2D eigenvalue weighted by molar-refractivity contribution is 0.364. The molecule has 0 saturated carbocycles. The first-order chi connectivity index (χ1) is 8.02. The van der Waals surface area contributed by atoms with Crippen molar-refractivity contribution in [1.29, 1.82) is 0 Å². The molecule has 1 aromatic carbocycles. The van der Waals surface area contributed by atoms with Gasteiger partial charge in [0.15, 0.2) is 0 Å². The molecule has 0 aliphatic carbocycles. The molecule has 0 aromatic heterocycles. The second-order valence-corrected chi connectivity index (χ2v) is 5.28. The highest BCUT2D eigenvalue weighted by atomic mass is 35.5. The van der Waals surface area contributed by atoms with E-state index >= 15 is 0 Å². The van der Waals surface area contributed by atoms with Gasteiger partial charge in [0.05, 0.1) is 0 Å². The number of hydrogen-bond donors (Lipinski definition) is 1. The van der Waals surface area contributed by atoms with Crippen LogP contribution in [0.2, 0.25) is 5.02 Å². The fraction of sp³-hybridized carbons (Fsp3) is 0.571. The first-order valence-electron chi connectivity index (χ1n) is 6.10. The van der Waals surface area contributed by atoms with Crippen molar-refractivity contribution in [3.8, 4) is 0 Å². The number of nitrogens with one attached hydrogen (secondary N) is 1. The fourth-order valence-electron chi connectivity index (χ4n) is 1.85. The predicted molar refractivity (Wildman–Crippen MR) is 75.9 cm³/mol. The van der Waals surface area contributed by atoms with Gasteiger partial charge in [-0.25, -0.2) is 0 Å². The van der Waals surface area contributed by atoms with E-state index in [2.05, 4.69) is 43.4 Å². The summed E-state index contributed by atoms with van der Waals surface area (Å²) in [5, 5.41) is 4.25. The number of likely N-dealkylation sites (N-methyl/N-ethyl adjacent to an activating group) is 1. The van der Waals surface area contributed by atoms with Gasteiger partial charge in [0, 0.05) is 11.1 Å².